The summed E-state index contributed by atoms with van der Waals surface area (Å²) in [7, 11) is 0. The number of hydrogen-bond acceptors (Lipinski definition) is 4. The van der Waals surface area contributed by atoms with Crippen LogP contribution in [0.5, 0.6) is 0 Å². The summed E-state index contributed by atoms with van der Waals surface area (Å²) in [5.74, 6) is -0.401. The summed E-state index contributed by atoms with van der Waals surface area (Å²) < 4.78 is 15.5. The summed E-state index contributed by atoms with van der Waals surface area (Å²) in [6.07, 6.45) is 2.06. The molecule has 0 saturated carbocycles. The second-order valence-electron chi connectivity index (χ2n) is 11.1. The molecule has 4 rings (SSSR count). The first-order valence-corrected chi connectivity index (χ1v) is 12.3. The number of aromatic nitrogens is 2. The fourth-order valence-electron chi connectivity index (χ4n) is 4.99. The van der Waals surface area contributed by atoms with Crippen LogP contribution in [0.15, 0.2) is 71.8 Å². The number of nitrogens with zero attached hydrogens (tertiary/aromatic N) is 3. The lowest BCUT2D eigenvalue weighted by atomic mass is 9.69. The molecule has 36 heavy (non-hydrogen) atoms. The van der Waals surface area contributed by atoms with E-state index in [1.807, 2.05) is 49.1 Å². The Morgan fingerprint density at radius 2 is 1.78 bits per heavy atom. The number of carbonyl (C=O) groups excluding carboxylic acids is 1. The molecule has 1 unspecified atom stereocenters. The van der Waals surface area contributed by atoms with Gasteiger partial charge in [-0.25, -0.2) is 9.37 Å². The number of halogens is 1. The highest BCUT2D eigenvalue weighted by molar-refractivity contribution is 5.78. The minimum atomic E-state index is -1.22. The Morgan fingerprint density at radius 3 is 2.42 bits per heavy atom. The van der Waals surface area contributed by atoms with Crippen molar-refractivity contribution < 1.29 is 14.3 Å². The minimum absolute atomic E-state index is 0.0426. The van der Waals surface area contributed by atoms with E-state index in [1.54, 1.807) is 18.2 Å². The molecule has 1 fully saturated rings. The Labute approximate surface area is 211 Å². The van der Waals surface area contributed by atoms with E-state index in [0.29, 0.717) is 25.9 Å². The van der Waals surface area contributed by atoms with E-state index in [9.17, 15) is 19.1 Å². The first-order chi connectivity index (χ1) is 16.9. The van der Waals surface area contributed by atoms with Crippen molar-refractivity contribution >= 4 is 5.91 Å². The summed E-state index contributed by atoms with van der Waals surface area (Å²) in [6.45, 7) is 8.79. The zero-order valence-corrected chi connectivity index (χ0v) is 21.4. The second-order valence-corrected chi connectivity index (χ2v) is 11.1. The molecule has 2 heterocycles. The van der Waals surface area contributed by atoms with Gasteiger partial charge in [0.15, 0.2) is 0 Å². The Balaban J connectivity index is 1.47. The van der Waals surface area contributed by atoms with Gasteiger partial charge < -0.3 is 10.0 Å². The Bertz CT molecular complexity index is 1300. The molecule has 1 aromatic heterocycles. The van der Waals surface area contributed by atoms with Crippen molar-refractivity contribution in [2.75, 3.05) is 13.1 Å². The molecule has 0 radical (unpaired) electrons. The Kier molecular flexibility index (Phi) is 6.88. The average molecular weight is 492 g/mol. The van der Waals surface area contributed by atoms with Crippen molar-refractivity contribution in [3.05, 3.63) is 88.7 Å². The molecule has 1 amide bonds. The van der Waals surface area contributed by atoms with Gasteiger partial charge in [-0.2, -0.15) is 0 Å². The summed E-state index contributed by atoms with van der Waals surface area (Å²) >= 11 is 0. The van der Waals surface area contributed by atoms with Gasteiger partial charge in [0.05, 0.1) is 24.2 Å². The molecule has 7 heteroatoms. The van der Waals surface area contributed by atoms with Crippen LogP contribution in [-0.4, -0.2) is 44.2 Å². The van der Waals surface area contributed by atoms with Gasteiger partial charge in [-0.1, -0.05) is 70.2 Å². The smallest absolute Gasteiger partial charge is 0.253 e. The zero-order valence-electron chi connectivity index (χ0n) is 21.4. The fourth-order valence-corrected chi connectivity index (χ4v) is 4.99. The number of amides is 1. The van der Waals surface area contributed by atoms with Gasteiger partial charge in [-0.3, -0.25) is 14.2 Å². The Hall–Kier alpha value is -3.32. The maximum atomic E-state index is 14.1. The third kappa shape index (κ3) is 5.12. The quantitative estimate of drug-likeness (QED) is 0.554. The van der Waals surface area contributed by atoms with E-state index in [1.165, 1.54) is 23.0 Å². The zero-order chi connectivity index (χ0) is 26.1. The van der Waals surface area contributed by atoms with Crippen molar-refractivity contribution in [1.82, 2.24) is 14.5 Å². The monoisotopic (exact) mass is 491 g/mol. The molecule has 0 spiro atoms. The third-order valence-electron chi connectivity index (χ3n) is 7.60. The molecule has 2 aromatic carbocycles. The maximum absolute atomic E-state index is 14.1. The van der Waals surface area contributed by atoms with Crippen molar-refractivity contribution in [2.45, 2.75) is 58.1 Å². The SMILES string of the molecule is CC(C)(CC(=O)N1CCC(O)(Cn2cnc(-c3ccccc3F)cc2=O)C(C)(C)C1)c1ccccc1. The van der Waals surface area contributed by atoms with E-state index in [0.717, 1.165) is 5.56 Å². The lowest BCUT2D eigenvalue weighted by Crippen LogP contribution is -2.61. The molecule has 1 N–H and O–H groups in total. The number of benzene rings is 2. The van der Waals surface area contributed by atoms with E-state index in [2.05, 4.69) is 18.8 Å². The van der Waals surface area contributed by atoms with Crippen LogP contribution in [0.3, 0.4) is 0 Å². The molecule has 1 aliphatic rings. The van der Waals surface area contributed by atoms with E-state index in [4.69, 9.17) is 0 Å². The predicted molar refractivity (Wildman–Crippen MR) is 138 cm³/mol. The van der Waals surface area contributed by atoms with Crippen LogP contribution in [0.2, 0.25) is 0 Å². The molecule has 3 aromatic rings. The van der Waals surface area contributed by atoms with Crippen LogP contribution in [-0.2, 0) is 16.8 Å². The van der Waals surface area contributed by atoms with E-state index >= 15 is 0 Å². The first-order valence-electron chi connectivity index (χ1n) is 12.3. The van der Waals surface area contributed by atoms with Gasteiger partial charge in [0.1, 0.15) is 5.82 Å². The number of piperidine rings is 1. The summed E-state index contributed by atoms with van der Waals surface area (Å²) in [5, 5.41) is 11.6. The van der Waals surface area contributed by atoms with Gasteiger partial charge >= 0.3 is 0 Å². The first kappa shape index (κ1) is 25.8. The highest BCUT2D eigenvalue weighted by Crippen LogP contribution is 2.40. The minimum Gasteiger partial charge on any atom is -0.387 e. The van der Waals surface area contributed by atoms with E-state index in [-0.39, 0.29) is 34.7 Å². The highest BCUT2D eigenvalue weighted by Gasteiger charge is 2.49. The molecule has 190 valence electrons. The lowest BCUT2D eigenvalue weighted by molar-refractivity contribution is -0.154. The van der Waals surface area contributed by atoms with Gasteiger partial charge in [0.2, 0.25) is 5.91 Å². The highest BCUT2D eigenvalue weighted by atomic mass is 19.1. The molecule has 0 aliphatic carbocycles. The largest absolute Gasteiger partial charge is 0.387 e. The van der Waals surface area contributed by atoms with Gasteiger partial charge in [0, 0.05) is 36.6 Å². The van der Waals surface area contributed by atoms with Crippen molar-refractivity contribution in [3.63, 3.8) is 0 Å². The number of aliphatic hydroxyl groups is 1. The molecule has 6 nitrogen and oxygen atoms in total. The molecular formula is C29H34FN3O3. The molecule has 0 bridgehead atoms. The average Bonchev–Trinajstić information content (AvgIpc) is 2.83. The standard InChI is InChI=1S/C29H34FN3O3/c1-27(2,21-10-6-5-7-11-21)17-26(35)32-15-14-29(36,28(3,4)18-32)19-33-20-31-24(16-25(33)34)22-12-8-9-13-23(22)30/h5-13,16,20,36H,14-15,17-19H2,1-4H3. The van der Waals surface area contributed by atoms with Gasteiger partial charge in [-0.05, 0) is 29.5 Å². The van der Waals surface area contributed by atoms with Crippen LogP contribution in [0.1, 0.15) is 46.1 Å². The predicted octanol–water partition coefficient (Wildman–Crippen LogP) is 4.41. The van der Waals surface area contributed by atoms with Crippen LogP contribution >= 0.6 is 0 Å². The number of likely N-dealkylation sites (tertiary alicyclic amines) is 1. The number of rotatable bonds is 6. The Morgan fingerprint density at radius 1 is 1.11 bits per heavy atom. The van der Waals surface area contributed by atoms with Crippen molar-refractivity contribution in [2.24, 2.45) is 5.41 Å². The lowest BCUT2D eigenvalue weighted by Gasteiger charge is -2.50. The van der Waals surface area contributed by atoms with Crippen LogP contribution < -0.4 is 5.56 Å². The van der Waals surface area contributed by atoms with E-state index < -0.39 is 16.8 Å². The summed E-state index contributed by atoms with van der Waals surface area (Å²) in [6, 6.07) is 17.4. The molecule has 1 atom stereocenters. The number of hydrogen-bond donors (Lipinski definition) is 1. The molecular weight excluding hydrogens is 457 g/mol. The van der Waals surface area contributed by atoms with Crippen LogP contribution in [0.25, 0.3) is 11.3 Å². The summed E-state index contributed by atoms with van der Waals surface area (Å²) in [4.78, 5) is 32.2. The third-order valence-corrected chi connectivity index (χ3v) is 7.60. The summed E-state index contributed by atoms with van der Waals surface area (Å²) in [5.41, 5.74) is -0.944. The maximum Gasteiger partial charge on any atom is 0.253 e. The van der Waals surface area contributed by atoms with Crippen LogP contribution in [0.4, 0.5) is 4.39 Å². The topological polar surface area (TPSA) is 75.4 Å². The van der Waals surface area contributed by atoms with Crippen molar-refractivity contribution in [3.8, 4) is 11.3 Å². The molecule has 1 aliphatic heterocycles. The number of carbonyl (C=O) groups is 1. The van der Waals surface area contributed by atoms with Crippen molar-refractivity contribution in [1.29, 1.82) is 0 Å². The fraction of sp³-hybridized carbons (Fsp3) is 0.414. The van der Waals surface area contributed by atoms with Crippen LogP contribution in [0, 0.1) is 11.2 Å². The van der Waals surface area contributed by atoms with Gasteiger partial charge in [0.25, 0.3) is 5.56 Å². The second kappa shape index (κ2) is 9.62. The van der Waals surface area contributed by atoms with Gasteiger partial charge in [-0.15, -0.1) is 0 Å². The normalized spacial score (nSPS) is 19.8. The molecule has 1 saturated heterocycles.